The van der Waals surface area contributed by atoms with Crippen LogP contribution in [0.5, 0.6) is 0 Å². The quantitative estimate of drug-likeness (QED) is 0.928. The average molecular weight is 298 g/mol. The van der Waals surface area contributed by atoms with E-state index in [2.05, 4.69) is 22.2 Å². The van der Waals surface area contributed by atoms with Crippen LogP contribution >= 0.6 is 34.7 Å². The standard InChI is InChI=1S/C12H12ClN3S2/c1-2-14-11-8-5-17-6-9(8)15-12(16-11)10-3-7(13)4-18-10/h3-4H,2,5-6H2,1H3,(H,14,15,16). The van der Waals surface area contributed by atoms with Crippen LogP contribution in [0.25, 0.3) is 10.7 Å². The molecule has 6 heteroatoms. The van der Waals surface area contributed by atoms with Crippen molar-refractivity contribution in [1.82, 2.24) is 9.97 Å². The Kier molecular flexibility index (Phi) is 3.46. The van der Waals surface area contributed by atoms with Gasteiger partial charge in [0.2, 0.25) is 0 Å². The highest BCUT2D eigenvalue weighted by Gasteiger charge is 2.20. The lowest BCUT2D eigenvalue weighted by Crippen LogP contribution is -2.06. The van der Waals surface area contributed by atoms with Gasteiger partial charge in [0.1, 0.15) is 5.82 Å². The molecule has 3 heterocycles. The monoisotopic (exact) mass is 297 g/mol. The molecule has 3 nitrogen and oxygen atoms in total. The van der Waals surface area contributed by atoms with E-state index in [1.54, 1.807) is 11.3 Å². The molecule has 0 unspecified atom stereocenters. The van der Waals surface area contributed by atoms with Crippen molar-refractivity contribution in [2.75, 3.05) is 11.9 Å². The Bertz CT molecular complexity index is 583. The van der Waals surface area contributed by atoms with Crippen LogP contribution < -0.4 is 5.32 Å². The maximum absolute atomic E-state index is 5.96. The Labute approximate surface area is 119 Å². The van der Waals surface area contributed by atoms with Gasteiger partial charge in [-0.1, -0.05) is 11.6 Å². The zero-order valence-electron chi connectivity index (χ0n) is 9.86. The average Bonchev–Trinajstić information content (AvgIpc) is 2.97. The number of aromatic nitrogens is 2. The zero-order chi connectivity index (χ0) is 12.5. The minimum absolute atomic E-state index is 0.749. The van der Waals surface area contributed by atoms with Crippen molar-refractivity contribution in [3.63, 3.8) is 0 Å². The molecule has 0 aromatic carbocycles. The zero-order valence-corrected chi connectivity index (χ0v) is 12.3. The molecule has 0 fully saturated rings. The molecule has 1 aliphatic rings. The summed E-state index contributed by atoms with van der Waals surface area (Å²) in [6.07, 6.45) is 0. The van der Waals surface area contributed by atoms with Gasteiger partial charge >= 0.3 is 0 Å². The summed E-state index contributed by atoms with van der Waals surface area (Å²) < 4.78 is 0. The first-order valence-corrected chi connectivity index (χ1v) is 8.15. The number of rotatable bonds is 3. The van der Waals surface area contributed by atoms with E-state index in [4.69, 9.17) is 11.6 Å². The van der Waals surface area contributed by atoms with Gasteiger partial charge in [-0.15, -0.1) is 11.3 Å². The normalized spacial score (nSPS) is 13.7. The maximum Gasteiger partial charge on any atom is 0.171 e. The van der Waals surface area contributed by atoms with Crippen molar-refractivity contribution in [3.05, 3.63) is 27.7 Å². The third kappa shape index (κ3) is 2.22. The molecule has 0 spiro atoms. The van der Waals surface area contributed by atoms with E-state index in [9.17, 15) is 0 Å². The highest BCUT2D eigenvalue weighted by Crippen LogP contribution is 2.36. The molecule has 0 amide bonds. The van der Waals surface area contributed by atoms with E-state index >= 15 is 0 Å². The topological polar surface area (TPSA) is 37.8 Å². The van der Waals surface area contributed by atoms with Crippen molar-refractivity contribution in [1.29, 1.82) is 0 Å². The summed E-state index contributed by atoms with van der Waals surface area (Å²) in [7, 11) is 0. The summed E-state index contributed by atoms with van der Waals surface area (Å²) in [5.41, 5.74) is 2.42. The Morgan fingerprint density at radius 3 is 3.00 bits per heavy atom. The van der Waals surface area contributed by atoms with Crippen LogP contribution in [0.1, 0.15) is 18.2 Å². The molecule has 3 rings (SSSR count). The number of nitrogens with zero attached hydrogens (tertiary/aromatic N) is 2. The van der Waals surface area contributed by atoms with Crippen molar-refractivity contribution >= 4 is 40.5 Å². The summed E-state index contributed by atoms with van der Waals surface area (Å²) in [4.78, 5) is 10.3. The molecule has 94 valence electrons. The predicted molar refractivity (Wildman–Crippen MR) is 79.5 cm³/mol. The SMILES string of the molecule is CCNc1nc(-c2cc(Cl)cs2)nc2c1CSC2. The summed E-state index contributed by atoms with van der Waals surface area (Å²) in [5.74, 6) is 3.74. The molecule has 2 aromatic rings. The summed E-state index contributed by atoms with van der Waals surface area (Å²) in [6, 6.07) is 1.92. The number of anilines is 1. The van der Waals surface area contributed by atoms with E-state index in [1.807, 2.05) is 23.2 Å². The fourth-order valence-corrected chi connectivity index (χ4v) is 3.95. The molecule has 0 radical (unpaired) electrons. The molecule has 0 saturated carbocycles. The first-order valence-electron chi connectivity index (χ1n) is 5.73. The van der Waals surface area contributed by atoms with Crippen molar-refractivity contribution in [2.24, 2.45) is 0 Å². The molecule has 1 N–H and O–H groups in total. The number of nitrogens with one attached hydrogen (secondary N) is 1. The van der Waals surface area contributed by atoms with Crippen molar-refractivity contribution < 1.29 is 0 Å². The number of thiophene rings is 1. The lowest BCUT2D eigenvalue weighted by molar-refractivity contribution is 1.05. The highest BCUT2D eigenvalue weighted by atomic mass is 35.5. The van der Waals surface area contributed by atoms with Gasteiger partial charge in [0.25, 0.3) is 0 Å². The van der Waals surface area contributed by atoms with E-state index < -0.39 is 0 Å². The van der Waals surface area contributed by atoms with Gasteiger partial charge < -0.3 is 5.32 Å². The molecule has 18 heavy (non-hydrogen) atoms. The lowest BCUT2D eigenvalue weighted by atomic mass is 10.2. The van der Waals surface area contributed by atoms with E-state index in [-0.39, 0.29) is 0 Å². The van der Waals surface area contributed by atoms with Gasteiger partial charge in [0.15, 0.2) is 5.82 Å². The number of halogens is 1. The smallest absolute Gasteiger partial charge is 0.171 e. The number of hydrogen-bond donors (Lipinski definition) is 1. The third-order valence-electron chi connectivity index (χ3n) is 2.71. The second-order valence-electron chi connectivity index (χ2n) is 3.97. The minimum atomic E-state index is 0.749. The first-order chi connectivity index (χ1) is 8.78. The number of fused-ring (bicyclic) bond motifs is 1. The largest absolute Gasteiger partial charge is 0.370 e. The Balaban J connectivity index is 2.08. The number of hydrogen-bond acceptors (Lipinski definition) is 5. The van der Waals surface area contributed by atoms with Crippen LogP contribution in [0.3, 0.4) is 0 Å². The van der Waals surface area contributed by atoms with E-state index in [1.165, 1.54) is 5.56 Å². The van der Waals surface area contributed by atoms with Gasteiger partial charge in [0, 0.05) is 29.0 Å². The molecular weight excluding hydrogens is 286 g/mol. The fraction of sp³-hybridized carbons (Fsp3) is 0.333. The van der Waals surface area contributed by atoms with Crippen LogP contribution in [0.15, 0.2) is 11.4 Å². The molecule has 1 aliphatic heterocycles. The van der Waals surface area contributed by atoms with Gasteiger partial charge in [0.05, 0.1) is 15.6 Å². The fourth-order valence-electron chi connectivity index (χ4n) is 1.91. The maximum atomic E-state index is 5.96. The molecule has 2 aromatic heterocycles. The molecule has 0 atom stereocenters. The highest BCUT2D eigenvalue weighted by molar-refractivity contribution is 7.98. The van der Waals surface area contributed by atoms with Crippen LogP contribution in [0.4, 0.5) is 5.82 Å². The third-order valence-corrected chi connectivity index (χ3v) is 4.95. The van der Waals surface area contributed by atoms with Gasteiger partial charge in [-0.2, -0.15) is 11.8 Å². The Morgan fingerprint density at radius 1 is 1.39 bits per heavy atom. The first kappa shape index (κ1) is 12.3. The Hall–Kier alpha value is -0.780. The molecule has 0 bridgehead atoms. The Morgan fingerprint density at radius 2 is 2.28 bits per heavy atom. The second-order valence-corrected chi connectivity index (χ2v) is 6.31. The van der Waals surface area contributed by atoms with Crippen LogP contribution in [0.2, 0.25) is 5.02 Å². The summed E-state index contributed by atoms with van der Waals surface area (Å²) in [6.45, 7) is 2.96. The molecular formula is C12H12ClN3S2. The summed E-state index contributed by atoms with van der Waals surface area (Å²) in [5, 5.41) is 5.99. The lowest BCUT2D eigenvalue weighted by Gasteiger charge is -2.09. The molecule has 0 aliphatic carbocycles. The number of thioether (sulfide) groups is 1. The van der Waals surface area contributed by atoms with E-state index in [0.717, 1.165) is 45.3 Å². The molecule has 0 saturated heterocycles. The van der Waals surface area contributed by atoms with Gasteiger partial charge in [-0.05, 0) is 13.0 Å². The van der Waals surface area contributed by atoms with Gasteiger partial charge in [-0.25, -0.2) is 9.97 Å². The van der Waals surface area contributed by atoms with Crippen LogP contribution in [0, 0.1) is 0 Å². The van der Waals surface area contributed by atoms with Crippen molar-refractivity contribution in [2.45, 2.75) is 18.4 Å². The second kappa shape index (κ2) is 5.07. The predicted octanol–water partition coefficient (Wildman–Crippen LogP) is 4.04. The van der Waals surface area contributed by atoms with Crippen molar-refractivity contribution in [3.8, 4) is 10.7 Å². The van der Waals surface area contributed by atoms with Crippen LogP contribution in [-0.4, -0.2) is 16.5 Å². The minimum Gasteiger partial charge on any atom is -0.370 e. The van der Waals surface area contributed by atoms with E-state index in [0.29, 0.717) is 0 Å². The van der Waals surface area contributed by atoms with Crippen LogP contribution in [-0.2, 0) is 11.5 Å². The summed E-state index contributed by atoms with van der Waals surface area (Å²) >= 11 is 9.43. The van der Waals surface area contributed by atoms with Gasteiger partial charge in [-0.3, -0.25) is 0 Å².